The van der Waals surface area contributed by atoms with E-state index in [2.05, 4.69) is 78.6 Å². The van der Waals surface area contributed by atoms with E-state index in [4.69, 9.17) is 4.74 Å². The Morgan fingerprint density at radius 2 is 1.83 bits per heavy atom. The maximum Gasteiger partial charge on any atom is 0.190 e. The SMILES string of the molecule is CN=C(NCCCN(C(C)C)C(C)C)NCC1CCCOC1c1ccccc1.I. The van der Waals surface area contributed by atoms with Crippen molar-refractivity contribution in [3.8, 4) is 0 Å². The number of guanidine groups is 1. The van der Waals surface area contributed by atoms with Crippen molar-refractivity contribution in [3.63, 3.8) is 0 Å². The lowest BCUT2D eigenvalue weighted by Crippen LogP contribution is -2.43. The topological polar surface area (TPSA) is 48.9 Å². The molecular weight excluding hydrogens is 475 g/mol. The van der Waals surface area contributed by atoms with E-state index in [0.717, 1.165) is 45.0 Å². The van der Waals surface area contributed by atoms with Crippen molar-refractivity contribution in [1.29, 1.82) is 0 Å². The van der Waals surface area contributed by atoms with Crippen LogP contribution in [0.4, 0.5) is 0 Å². The molecule has 2 atom stereocenters. The number of benzene rings is 1. The molecule has 0 amide bonds. The maximum absolute atomic E-state index is 6.11. The molecule has 0 spiro atoms. The first-order chi connectivity index (χ1) is 13.5. The number of hydrogen-bond donors (Lipinski definition) is 2. The Balaban J connectivity index is 0.00000420. The second kappa shape index (κ2) is 14.2. The summed E-state index contributed by atoms with van der Waals surface area (Å²) in [5.41, 5.74) is 1.28. The minimum Gasteiger partial charge on any atom is -0.373 e. The number of aliphatic imine (C=N–C) groups is 1. The van der Waals surface area contributed by atoms with Crippen molar-refractivity contribution < 1.29 is 4.74 Å². The van der Waals surface area contributed by atoms with Gasteiger partial charge in [0.15, 0.2) is 5.96 Å². The minimum atomic E-state index is 0. The van der Waals surface area contributed by atoms with Gasteiger partial charge in [0.2, 0.25) is 0 Å². The molecule has 1 heterocycles. The predicted molar refractivity (Wildman–Crippen MR) is 134 cm³/mol. The van der Waals surface area contributed by atoms with Gasteiger partial charge in [0.05, 0.1) is 6.10 Å². The highest BCUT2D eigenvalue weighted by Gasteiger charge is 2.27. The van der Waals surface area contributed by atoms with Gasteiger partial charge in [0, 0.05) is 51.3 Å². The highest BCUT2D eigenvalue weighted by atomic mass is 127. The summed E-state index contributed by atoms with van der Waals surface area (Å²) in [6, 6.07) is 11.8. The maximum atomic E-state index is 6.11. The van der Waals surface area contributed by atoms with Gasteiger partial charge in [-0.1, -0.05) is 30.3 Å². The second-order valence-electron chi connectivity index (χ2n) is 8.26. The Labute approximate surface area is 195 Å². The number of hydrogen-bond acceptors (Lipinski definition) is 3. The monoisotopic (exact) mass is 516 g/mol. The van der Waals surface area contributed by atoms with Gasteiger partial charge in [-0.25, -0.2) is 0 Å². The number of nitrogens with one attached hydrogen (secondary N) is 2. The van der Waals surface area contributed by atoms with Gasteiger partial charge < -0.3 is 15.4 Å². The van der Waals surface area contributed by atoms with E-state index < -0.39 is 0 Å². The van der Waals surface area contributed by atoms with E-state index in [1.165, 1.54) is 12.0 Å². The fourth-order valence-electron chi connectivity index (χ4n) is 4.09. The third-order valence-corrected chi connectivity index (χ3v) is 5.54. The van der Waals surface area contributed by atoms with Crippen molar-refractivity contribution >= 4 is 29.9 Å². The van der Waals surface area contributed by atoms with Crippen LogP contribution in [0.25, 0.3) is 0 Å². The Hall–Kier alpha value is -0.860. The van der Waals surface area contributed by atoms with Gasteiger partial charge in [0.1, 0.15) is 0 Å². The zero-order chi connectivity index (χ0) is 20.4. The fraction of sp³-hybridized carbons (Fsp3) is 0.696. The summed E-state index contributed by atoms with van der Waals surface area (Å²) in [7, 11) is 1.84. The van der Waals surface area contributed by atoms with E-state index in [1.807, 2.05) is 7.05 Å². The summed E-state index contributed by atoms with van der Waals surface area (Å²) in [4.78, 5) is 6.93. The van der Waals surface area contributed by atoms with Crippen LogP contribution in [0, 0.1) is 5.92 Å². The lowest BCUT2D eigenvalue weighted by molar-refractivity contribution is -0.0265. The minimum absolute atomic E-state index is 0. The molecule has 0 radical (unpaired) electrons. The van der Waals surface area contributed by atoms with Gasteiger partial charge in [-0.2, -0.15) is 0 Å². The lowest BCUT2D eigenvalue weighted by Gasteiger charge is -2.32. The molecule has 1 aliphatic rings. The highest BCUT2D eigenvalue weighted by molar-refractivity contribution is 14.0. The average Bonchev–Trinajstić information content (AvgIpc) is 2.70. The van der Waals surface area contributed by atoms with Crippen LogP contribution in [0.2, 0.25) is 0 Å². The third kappa shape index (κ3) is 8.80. The third-order valence-electron chi connectivity index (χ3n) is 5.54. The Morgan fingerprint density at radius 3 is 2.45 bits per heavy atom. The molecule has 1 fully saturated rings. The van der Waals surface area contributed by atoms with Gasteiger partial charge in [-0.3, -0.25) is 9.89 Å². The van der Waals surface area contributed by atoms with E-state index in [-0.39, 0.29) is 30.1 Å². The first kappa shape index (κ1) is 26.2. The van der Waals surface area contributed by atoms with Gasteiger partial charge >= 0.3 is 0 Å². The van der Waals surface area contributed by atoms with Crippen LogP contribution in [0.3, 0.4) is 0 Å². The van der Waals surface area contributed by atoms with Crippen molar-refractivity contribution in [2.45, 2.75) is 65.1 Å². The van der Waals surface area contributed by atoms with Crippen molar-refractivity contribution in [3.05, 3.63) is 35.9 Å². The molecule has 2 N–H and O–H groups in total. The summed E-state index contributed by atoms with van der Waals surface area (Å²) in [6.07, 6.45) is 3.59. The molecule has 29 heavy (non-hydrogen) atoms. The largest absolute Gasteiger partial charge is 0.373 e. The van der Waals surface area contributed by atoms with Crippen molar-refractivity contribution in [1.82, 2.24) is 15.5 Å². The predicted octanol–water partition coefficient (Wildman–Crippen LogP) is 4.45. The fourth-order valence-corrected chi connectivity index (χ4v) is 4.09. The number of ether oxygens (including phenoxy) is 1. The summed E-state index contributed by atoms with van der Waals surface area (Å²) < 4.78 is 6.11. The molecule has 0 aromatic heterocycles. The molecule has 2 rings (SSSR count). The van der Waals surface area contributed by atoms with Crippen molar-refractivity contribution in [2.24, 2.45) is 10.9 Å². The molecule has 0 bridgehead atoms. The van der Waals surface area contributed by atoms with Crippen LogP contribution in [0.5, 0.6) is 0 Å². The van der Waals surface area contributed by atoms with Gasteiger partial charge in [-0.15, -0.1) is 24.0 Å². The highest BCUT2D eigenvalue weighted by Crippen LogP contribution is 2.32. The molecule has 166 valence electrons. The zero-order valence-corrected chi connectivity index (χ0v) is 21.2. The van der Waals surface area contributed by atoms with E-state index in [9.17, 15) is 0 Å². The van der Waals surface area contributed by atoms with E-state index in [0.29, 0.717) is 18.0 Å². The normalized spacial score (nSPS) is 20.1. The number of nitrogens with zero attached hydrogens (tertiary/aromatic N) is 2. The quantitative estimate of drug-likeness (QED) is 0.221. The molecule has 1 aromatic rings. The first-order valence-corrected chi connectivity index (χ1v) is 10.9. The van der Waals surface area contributed by atoms with Crippen LogP contribution in [-0.2, 0) is 4.74 Å². The van der Waals surface area contributed by atoms with E-state index in [1.54, 1.807) is 0 Å². The summed E-state index contributed by atoms with van der Waals surface area (Å²) in [5, 5.41) is 6.99. The molecule has 6 heteroatoms. The molecule has 1 saturated heterocycles. The number of halogens is 1. The molecule has 0 aliphatic carbocycles. The Morgan fingerprint density at radius 1 is 1.14 bits per heavy atom. The number of rotatable bonds is 9. The molecule has 1 aromatic carbocycles. The van der Waals surface area contributed by atoms with Crippen molar-refractivity contribution in [2.75, 3.05) is 33.3 Å². The standard InChI is InChI=1S/C23H40N4O.HI/c1-18(2)27(19(3)4)15-10-14-25-23(24-5)26-17-21-13-9-16-28-22(21)20-11-7-6-8-12-20;/h6-8,11-12,18-19,21-22H,9-10,13-17H2,1-5H3,(H2,24,25,26);1H. The molecule has 2 unspecified atom stereocenters. The van der Waals surface area contributed by atoms with Crippen LogP contribution in [0.1, 0.15) is 58.6 Å². The molecule has 0 saturated carbocycles. The van der Waals surface area contributed by atoms with Crippen LogP contribution in [0.15, 0.2) is 35.3 Å². The van der Waals surface area contributed by atoms with Gasteiger partial charge in [-0.05, 0) is 52.5 Å². The smallest absolute Gasteiger partial charge is 0.190 e. The van der Waals surface area contributed by atoms with Crippen LogP contribution < -0.4 is 10.6 Å². The second-order valence-corrected chi connectivity index (χ2v) is 8.26. The zero-order valence-electron chi connectivity index (χ0n) is 18.9. The van der Waals surface area contributed by atoms with E-state index >= 15 is 0 Å². The average molecular weight is 517 g/mol. The van der Waals surface area contributed by atoms with Gasteiger partial charge in [0.25, 0.3) is 0 Å². The van der Waals surface area contributed by atoms with Crippen LogP contribution in [-0.4, -0.2) is 56.2 Å². The molecular formula is C23H41IN4O. The van der Waals surface area contributed by atoms with Crippen LogP contribution >= 0.6 is 24.0 Å². The first-order valence-electron chi connectivity index (χ1n) is 10.9. The Bertz CT molecular complexity index is 572. The molecule has 1 aliphatic heterocycles. The summed E-state index contributed by atoms with van der Waals surface area (Å²) in [5.74, 6) is 1.35. The Kier molecular flexibility index (Phi) is 12.8. The summed E-state index contributed by atoms with van der Waals surface area (Å²) >= 11 is 0. The summed E-state index contributed by atoms with van der Waals surface area (Å²) in [6.45, 7) is 12.8. The molecule has 5 nitrogen and oxygen atoms in total. The lowest BCUT2D eigenvalue weighted by atomic mass is 9.89.